The standard InChI is InChI=1S/C17H17ClN2O/c1-19-17(12-3-2-4-14(18)10-12)13-5-7-15-11(9-13)6-8-16(21)20-15/h2-5,7,9-10,17,19H,6,8H2,1H3,(H,20,21). The van der Waals surface area contributed by atoms with Gasteiger partial charge in [0.05, 0.1) is 6.04 Å². The summed E-state index contributed by atoms with van der Waals surface area (Å²) in [6.45, 7) is 0. The number of anilines is 1. The predicted molar refractivity (Wildman–Crippen MR) is 85.7 cm³/mol. The van der Waals surface area contributed by atoms with Crippen molar-refractivity contribution >= 4 is 23.2 Å². The van der Waals surface area contributed by atoms with Gasteiger partial charge >= 0.3 is 0 Å². The van der Waals surface area contributed by atoms with Crippen molar-refractivity contribution in [2.24, 2.45) is 0 Å². The van der Waals surface area contributed by atoms with E-state index in [2.05, 4.69) is 22.8 Å². The number of aryl methyl sites for hydroxylation is 1. The Morgan fingerprint density at radius 3 is 2.71 bits per heavy atom. The van der Waals surface area contributed by atoms with Crippen LogP contribution in [0.2, 0.25) is 5.02 Å². The Morgan fingerprint density at radius 2 is 1.95 bits per heavy atom. The second-order valence-corrected chi connectivity index (χ2v) is 5.68. The van der Waals surface area contributed by atoms with Gasteiger partial charge in [-0.3, -0.25) is 4.79 Å². The first-order valence-corrected chi connectivity index (χ1v) is 7.40. The van der Waals surface area contributed by atoms with E-state index in [9.17, 15) is 4.79 Å². The normalized spacial score (nSPS) is 15.2. The number of carbonyl (C=O) groups is 1. The van der Waals surface area contributed by atoms with Crippen molar-refractivity contribution in [2.75, 3.05) is 12.4 Å². The van der Waals surface area contributed by atoms with E-state index < -0.39 is 0 Å². The molecule has 21 heavy (non-hydrogen) atoms. The Hall–Kier alpha value is -1.84. The van der Waals surface area contributed by atoms with Gasteiger partial charge in [0, 0.05) is 17.1 Å². The minimum absolute atomic E-state index is 0.0895. The highest BCUT2D eigenvalue weighted by molar-refractivity contribution is 6.30. The molecule has 1 aliphatic heterocycles. The van der Waals surface area contributed by atoms with Gasteiger partial charge in [-0.15, -0.1) is 0 Å². The van der Waals surface area contributed by atoms with Gasteiger partial charge in [0.15, 0.2) is 0 Å². The quantitative estimate of drug-likeness (QED) is 0.910. The lowest BCUT2D eigenvalue weighted by molar-refractivity contribution is -0.116. The molecule has 1 unspecified atom stereocenters. The van der Waals surface area contributed by atoms with Crippen LogP contribution in [0.25, 0.3) is 0 Å². The fraction of sp³-hybridized carbons (Fsp3) is 0.235. The molecule has 1 aliphatic rings. The third-order valence-electron chi connectivity index (χ3n) is 3.83. The molecule has 0 saturated carbocycles. The van der Waals surface area contributed by atoms with E-state index in [4.69, 9.17) is 11.6 Å². The van der Waals surface area contributed by atoms with Crippen LogP contribution in [0.1, 0.15) is 29.2 Å². The van der Waals surface area contributed by atoms with Gasteiger partial charge in [0.1, 0.15) is 0 Å². The summed E-state index contributed by atoms with van der Waals surface area (Å²) in [5.74, 6) is 0.0928. The van der Waals surface area contributed by atoms with Crippen molar-refractivity contribution in [1.82, 2.24) is 5.32 Å². The zero-order valence-corrected chi connectivity index (χ0v) is 12.6. The van der Waals surface area contributed by atoms with E-state index in [-0.39, 0.29) is 11.9 Å². The number of carbonyl (C=O) groups excluding carboxylic acids is 1. The van der Waals surface area contributed by atoms with Gasteiger partial charge in [-0.2, -0.15) is 0 Å². The van der Waals surface area contributed by atoms with Crippen molar-refractivity contribution in [1.29, 1.82) is 0 Å². The van der Waals surface area contributed by atoms with E-state index in [1.165, 1.54) is 11.1 Å². The molecule has 108 valence electrons. The summed E-state index contributed by atoms with van der Waals surface area (Å²) in [6.07, 6.45) is 1.35. The van der Waals surface area contributed by atoms with Gasteiger partial charge in [-0.25, -0.2) is 0 Å². The second kappa shape index (κ2) is 5.88. The molecule has 1 amide bonds. The zero-order chi connectivity index (χ0) is 14.8. The lowest BCUT2D eigenvalue weighted by Crippen LogP contribution is -2.21. The summed E-state index contributed by atoms with van der Waals surface area (Å²) in [5.41, 5.74) is 4.42. The van der Waals surface area contributed by atoms with E-state index in [0.29, 0.717) is 6.42 Å². The monoisotopic (exact) mass is 300 g/mol. The first kappa shape index (κ1) is 14.1. The molecule has 0 radical (unpaired) electrons. The Balaban J connectivity index is 1.96. The molecule has 0 saturated heterocycles. The van der Waals surface area contributed by atoms with E-state index in [1.807, 2.05) is 37.4 Å². The molecule has 2 aromatic rings. The van der Waals surface area contributed by atoms with Gasteiger partial charge in [-0.05, 0) is 48.4 Å². The van der Waals surface area contributed by atoms with Crippen molar-refractivity contribution < 1.29 is 4.79 Å². The van der Waals surface area contributed by atoms with Gasteiger partial charge in [0.25, 0.3) is 0 Å². The summed E-state index contributed by atoms with van der Waals surface area (Å²) >= 11 is 6.09. The Bertz CT molecular complexity index is 684. The minimum atomic E-state index is 0.0895. The average molecular weight is 301 g/mol. The van der Waals surface area contributed by atoms with Crippen LogP contribution in [0, 0.1) is 0 Å². The third-order valence-corrected chi connectivity index (χ3v) is 4.06. The number of hydrogen-bond donors (Lipinski definition) is 2. The second-order valence-electron chi connectivity index (χ2n) is 5.24. The zero-order valence-electron chi connectivity index (χ0n) is 11.8. The fourth-order valence-electron chi connectivity index (χ4n) is 2.79. The molecule has 3 nitrogen and oxygen atoms in total. The molecule has 0 spiro atoms. The third kappa shape index (κ3) is 2.94. The maximum absolute atomic E-state index is 11.4. The van der Waals surface area contributed by atoms with E-state index in [0.717, 1.165) is 22.7 Å². The molecule has 1 heterocycles. The highest BCUT2D eigenvalue weighted by Crippen LogP contribution is 2.29. The lowest BCUT2D eigenvalue weighted by Gasteiger charge is -2.22. The largest absolute Gasteiger partial charge is 0.326 e. The van der Waals surface area contributed by atoms with E-state index >= 15 is 0 Å². The maximum Gasteiger partial charge on any atom is 0.224 e. The van der Waals surface area contributed by atoms with Crippen LogP contribution in [0.5, 0.6) is 0 Å². The minimum Gasteiger partial charge on any atom is -0.326 e. The molecule has 0 bridgehead atoms. The van der Waals surface area contributed by atoms with Crippen LogP contribution < -0.4 is 10.6 Å². The Morgan fingerprint density at radius 1 is 1.14 bits per heavy atom. The molecule has 2 aromatic carbocycles. The molecule has 2 N–H and O–H groups in total. The first-order valence-electron chi connectivity index (χ1n) is 7.03. The molecular weight excluding hydrogens is 284 g/mol. The Kier molecular flexibility index (Phi) is 3.95. The summed E-state index contributed by atoms with van der Waals surface area (Å²) in [6, 6.07) is 14.2. The highest BCUT2D eigenvalue weighted by Gasteiger charge is 2.18. The first-order chi connectivity index (χ1) is 10.2. The maximum atomic E-state index is 11.4. The van der Waals surface area contributed by atoms with Crippen LogP contribution in [-0.2, 0) is 11.2 Å². The predicted octanol–water partition coefficient (Wildman–Crippen LogP) is 3.53. The van der Waals surface area contributed by atoms with Crippen molar-refractivity contribution in [2.45, 2.75) is 18.9 Å². The van der Waals surface area contributed by atoms with Crippen LogP contribution in [-0.4, -0.2) is 13.0 Å². The molecule has 4 heteroatoms. The average Bonchev–Trinajstić information content (AvgIpc) is 2.48. The van der Waals surface area contributed by atoms with Crippen molar-refractivity contribution in [3.05, 3.63) is 64.2 Å². The Labute approximate surface area is 129 Å². The number of hydrogen-bond acceptors (Lipinski definition) is 2. The number of amides is 1. The molecule has 0 aromatic heterocycles. The van der Waals surface area contributed by atoms with Crippen LogP contribution in [0.15, 0.2) is 42.5 Å². The molecule has 3 rings (SSSR count). The topological polar surface area (TPSA) is 41.1 Å². The van der Waals surface area contributed by atoms with Crippen LogP contribution in [0.3, 0.4) is 0 Å². The SMILES string of the molecule is CNC(c1cccc(Cl)c1)c1ccc2c(c1)CCC(=O)N2. The van der Waals surface area contributed by atoms with Gasteiger partial charge < -0.3 is 10.6 Å². The van der Waals surface area contributed by atoms with Crippen molar-refractivity contribution in [3.8, 4) is 0 Å². The molecule has 1 atom stereocenters. The van der Waals surface area contributed by atoms with Gasteiger partial charge in [0.2, 0.25) is 5.91 Å². The summed E-state index contributed by atoms with van der Waals surface area (Å²) in [4.78, 5) is 11.4. The van der Waals surface area contributed by atoms with Crippen LogP contribution in [0.4, 0.5) is 5.69 Å². The number of halogens is 1. The van der Waals surface area contributed by atoms with Crippen molar-refractivity contribution in [3.63, 3.8) is 0 Å². The van der Waals surface area contributed by atoms with E-state index in [1.54, 1.807) is 0 Å². The van der Waals surface area contributed by atoms with Crippen LogP contribution >= 0.6 is 11.6 Å². The molecule has 0 fully saturated rings. The number of fused-ring (bicyclic) bond motifs is 1. The number of nitrogens with one attached hydrogen (secondary N) is 2. The summed E-state index contributed by atoms with van der Waals surface area (Å²) < 4.78 is 0. The summed E-state index contributed by atoms with van der Waals surface area (Å²) in [7, 11) is 1.94. The van der Waals surface area contributed by atoms with Gasteiger partial charge in [-0.1, -0.05) is 35.9 Å². The highest BCUT2D eigenvalue weighted by atomic mass is 35.5. The number of benzene rings is 2. The smallest absolute Gasteiger partial charge is 0.224 e. The number of rotatable bonds is 3. The molecular formula is C17H17ClN2O. The molecule has 0 aliphatic carbocycles. The summed E-state index contributed by atoms with van der Waals surface area (Å²) in [5, 5.41) is 6.98. The lowest BCUT2D eigenvalue weighted by atomic mass is 9.94. The fourth-order valence-corrected chi connectivity index (χ4v) is 2.99.